The zero-order chi connectivity index (χ0) is 21.6. The van der Waals surface area contributed by atoms with Crippen LogP contribution in [0.15, 0.2) is 29.3 Å². The van der Waals surface area contributed by atoms with Gasteiger partial charge in [0.15, 0.2) is 5.96 Å². The van der Waals surface area contributed by atoms with Crippen molar-refractivity contribution >= 4 is 41.7 Å². The first-order chi connectivity index (χ1) is 14.4. The van der Waals surface area contributed by atoms with E-state index < -0.39 is 5.60 Å². The summed E-state index contributed by atoms with van der Waals surface area (Å²) in [7, 11) is 0. The van der Waals surface area contributed by atoms with Gasteiger partial charge in [-0.1, -0.05) is 18.2 Å². The maximum Gasteiger partial charge on any atom is 0.410 e. The molecule has 8 nitrogen and oxygen atoms in total. The Kier molecular flexibility index (Phi) is 9.67. The molecule has 2 aliphatic rings. The van der Waals surface area contributed by atoms with E-state index in [1.807, 2.05) is 27.7 Å². The average molecular weight is 545 g/mol. The number of ether oxygens (including phenoxy) is 2. The number of rotatable bonds is 5. The monoisotopic (exact) mass is 545 g/mol. The molecule has 0 aromatic heterocycles. The highest BCUT2D eigenvalue weighted by atomic mass is 127. The van der Waals surface area contributed by atoms with Gasteiger partial charge in [0.1, 0.15) is 5.60 Å². The Morgan fingerprint density at radius 1 is 1.23 bits per heavy atom. The highest BCUT2D eigenvalue weighted by molar-refractivity contribution is 14.0. The first-order valence-corrected chi connectivity index (χ1v) is 10.8. The lowest BCUT2D eigenvalue weighted by molar-refractivity contribution is 0.00700. The molecular formula is C22H36IN5O3. The largest absolute Gasteiger partial charge is 0.444 e. The Balaban J connectivity index is 0.00000341. The second-order valence-corrected chi connectivity index (χ2v) is 8.65. The van der Waals surface area contributed by atoms with Crippen LogP contribution in [0.4, 0.5) is 10.5 Å². The normalized spacial score (nSPS) is 17.5. The number of amides is 1. The Morgan fingerprint density at radius 3 is 2.55 bits per heavy atom. The predicted molar refractivity (Wildman–Crippen MR) is 134 cm³/mol. The Bertz CT molecular complexity index is 741. The second kappa shape index (κ2) is 11.8. The molecule has 0 saturated carbocycles. The standard InChI is InChI=1S/C22H35N5O3.HI/c1-5-23-20(25-18-15-27(16-18)21(28)30-22(2,3)4)24-14-17-8-6-7-9-19(17)26-10-12-29-13-11-26;/h6-9,18H,5,10-16H2,1-4H3,(H2,23,24,25);1H. The zero-order valence-corrected chi connectivity index (χ0v) is 21.3. The average Bonchev–Trinajstić information content (AvgIpc) is 2.68. The lowest BCUT2D eigenvalue weighted by Crippen LogP contribution is -2.63. The van der Waals surface area contributed by atoms with Gasteiger partial charge in [-0.15, -0.1) is 24.0 Å². The van der Waals surface area contributed by atoms with Gasteiger partial charge in [-0.25, -0.2) is 9.79 Å². The third-order valence-corrected chi connectivity index (χ3v) is 4.97. The number of halogens is 1. The van der Waals surface area contributed by atoms with Crippen LogP contribution >= 0.6 is 24.0 Å². The van der Waals surface area contributed by atoms with Gasteiger partial charge in [0.2, 0.25) is 0 Å². The maximum atomic E-state index is 12.1. The zero-order valence-electron chi connectivity index (χ0n) is 19.0. The van der Waals surface area contributed by atoms with Gasteiger partial charge in [-0.3, -0.25) is 0 Å². The van der Waals surface area contributed by atoms with E-state index in [1.54, 1.807) is 4.90 Å². The number of para-hydroxylation sites is 1. The minimum atomic E-state index is -0.472. The van der Waals surface area contributed by atoms with E-state index in [0.29, 0.717) is 19.6 Å². The molecule has 1 aromatic rings. The van der Waals surface area contributed by atoms with E-state index >= 15 is 0 Å². The molecule has 0 unspecified atom stereocenters. The van der Waals surface area contributed by atoms with Crippen molar-refractivity contribution in [2.75, 3.05) is 50.8 Å². The van der Waals surface area contributed by atoms with Crippen LogP contribution in [-0.4, -0.2) is 74.5 Å². The van der Waals surface area contributed by atoms with Crippen molar-refractivity contribution in [1.29, 1.82) is 0 Å². The summed E-state index contributed by atoms with van der Waals surface area (Å²) in [5.41, 5.74) is 1.94. The van der Waals surface area contributed by atoms with E-state index in [1.165, 1.54) is 11.3 Å². The first-order valence-electron chi connectivity index (χ1n) is 10.8. The van der Waals surface area contributed by atoms with Gasteiger partial charge in [0, 0.05) is 38.4 Å². The quantitative estimate of drug-likeness (QED) is 0.337. The number of nitrogens with one attached hydrogen (secondary N) is 2. The molecule has 2 saturated heterocycles. The van der Waals surface area contributed by atoms with Crippen LogP contribution in [0.3, 0.4) is 0 Å². The number of hydrogen-bond acceptors (Lipinski definition) is 5. The lowest BCUT2D eigenvalue weighted by Gasteiger charge is -2.40. The van der Waals surface area contributed by atoms with Crippen LogP contribution in [0, 0.1) is 0 Å². The number of benzene rings is 1. The van der Waals surface area contributed by atoms with Crippen molar-refractivity contribution in [2.45, 2.75) is 45.9 Å². The van der Waals surface area contributed by atoms with Crippen LogP contribution in [0.25, 0.3) is 0 Å². The van der Waals surface area contributed by atoms with Crippen molar-refractivity contribution in [1.82, 2.24) is 15.5 Å². The summed E-state index contributed by atoms with van der Waals surface area (Å²) >= 11 is 0. The minimum Gasteiger partial charge on any atom is -0.444 e. The van der Waals surface area contributed by atoms with Gasteiger partial charge in [-0.05, 0) is 39.3 Å². The number of anilines is 1. The van der Waals surface area contributed by atoms with Crippen molar-refractivity contribution in [3.63, 3.8) is 0 Å². The van der Waals surface area contributed by atoms with Gasteiger partial charge in [-0.2, -0.15) is 0 Å². The molecule has 9 heteroatoms. The van der Waals surface area contributed by atoms with E-state index in [-0.39, 0.29) is 36.1 Å². The van der Waals surface area contributed by atoms with Crippen molar-refractivity contribution in [2.24, 2.45) is 4.99 Å². The number of hydrogen-bond donors (Lipinski definition) is 2. The molecule has 0 spiro atoms. The summed E-state index contributed by atoms with van der Waals surface area (Å²) in [4.78, 5) is 21.0. The highest BCUT2D eigenvalue weighted by Gasteiger charge is 2.34. The molecule has 0 aliphatic carbocycles. The summed E-state index contributed by atoms with van der Waals surface area (Å²) in [6, 6.07) is 8.58. The molecule has 2 fully saturated rings. The van der Waals surface area contributed by atoms with Crippen molar-refractivity contribution in [3.05, 3.63) is 29.8 Å². The number of carbonyl (C=O) groups is 1. The second-order valence-electron chi connectivity index (χ2n) is 8.65. The molecule has 174 valence electrons. The molecule has 2 N–H and O–H groups in total. The van der Waals surface area contributed by atoms with Crippen LogP contribution < -0.4 is 15.5 Å². The van der Waals surface area contributed by atoms with E-state index in [2.05, 4.69) is 39.8 Å². The summed E-state index contributed by atoms with van der Waals surface area (Å²) in [5, 5.41) is 6.73. The molecule has 31 heavy (non-hydrogen) atoms. The number of aliphatic imine (C=N–C) groups is 1. The molecule has 2 aliphatic heterocycles. The molecule has 3 rings (SSSR count). The number of likely N-dealkylation sites (tertiary alicyclic amines) is 1. The Morgan fingerprint density at radius 2 is 1.90 bits per heavy atom. The fourth-order valence-corrected chi connectivity index (χ4v) is 3.48. The molecule has 0 bridgehead atoms. The van der Waals surface area contributed by atoms with Gasteiger partial charge >= 0.3 is 6.09 Å². The third kappa shape index (κ3) is 7.71. The molecule has 2 heterocycles. The van der Waals surface area contributed by atoms with Gasteiger partial charge in [0.25, 0.3) is 0 Å². The summed E-state index contributed by atoms with van der Waals surface area (Å²) in [6.45, 7) is 13.6. The Hall–Kier alpha value is -1.75. The van der Waals surface area contributed by atoms with Crippen LogP contribution in [0.5, 0.6) is 0 Å². The third-order valence-electron chi connectivity index (χ3n) is 4.97. The molecule has 0 radical (unpaired) electrons. The predicted octanol–water partition coefficient (Wildman–Crippen LogP) is 2.82. The Labute approximate surface area is 202 Å². The molecule has 0 atom stereocenters. The molecular weight excluding hydrogens is 509 g/mol. The van der Waals surface area contributed by atoms with Crippen LogP contribution in [0.2, 0.25) is 0 Å². The summed E-state index contributed by atoms with van der Waals surface area (Å²) in [5.74, 6) is 0.767. The number of morpholine rings is 1. The topological polar surface area (TPSA) is 78.4 Å². The van der Waals surface area contributed by atoms with E-state index in [0.717, 1.165) is 38.8 Å². The maximum absolute atomic E-state index is 12.1. The number of guanidine groups is 1. The molecule has 1 aromatic carbocycles. The van der Waals surface area contributed by atoms with Crippen LogP contribution in [0.1, 0.15) is 33.3 Å². The van der Waals surface area contributed by atoms with E-state index in [4.69, 9.17) is 14.5 Å². The van der Waals surface area contributed by atoms with Gasteiger partial charge < -0.3 is 29.9 Å². The van der Waals surface area contributed by atoms with Crippen molar-refractivity contribution in [3.8, 4) is 0 Å². The van der Waals surface area contributed by atoms with Crippen molar-refractivity contribution < 1.29 is 14.3 Å². The van der Waals surface area contributed by atoms with E-state index in [9.17, 15) is 4.79 Å². The fraction of sp³-hybridized carbons (Fsp3) is 0.636. The van der Waals surface area contributed by atoms with Gasteiger partial charge in [0.05, 0.1) is 25.8 Å². The summed E-state index contributed by atoms with van der Waals surface area (Å²) < 4.78 is 10.9. The summed E-state index contributed by atoms with van der Waals surface area (Å²) in [6.07, 6.45) is -0.262. The van der Waals surface area contributed by atoms with Crippen LogP contribution in [-0.2, 0) is 16.0 Å². The number of nitrogens with zero attached hydrogens (tertiary/aromatic N) is 3. The first kappa shape index (κ1) is 25.5. The smallest absolute Gasteiger partial charge is 0.410 e. The minimum absolute atomic E-state index is 0. The fourth-order valence-electron chi connectivity index (χ4n) is 3.48. The lowest BCUT2D eigenvalue weighted by atomic mass is 10.1. The number of carbonyl (C=O) groups excluding carboxylic acids is 1. The molecule has 1 amide bonds. The highest BCUT2D eigenvalue weighted by Crippen LogP contribution is 2.22. The SMILES string of the molecule is CCNC(=NCc1ccccc1N1CCOCC1)NC1CN(C(=O)OC(C)(C)C)C1.I.